The molecule has 0 unspecified atom stereocenters. The molecule has 1 aliphatic carbocycles. The van der Waals surface area contributed by atoms with E-state index in [0.717, 1.165) is 56.4 Å². The van der Waals surface area contributed by atoms with Gasteiger partial charge in [0, 0.05) is 33.1 Å². The van der Waals surface area contributed by atoms with Crippen LogP contribution in [-0.2, 0) is 10.8 Å². The van der Waals surface area contributed by atoms with Gasteiger partial charge in [-0.05, 0) is 11.6 Å². The first-order valence-corrected chi connectivity index (χ1v) is 12.9. The van der Waals surface area contributed by atoms with Gasteiger partial charge in [-0.2, -0.15) is 0 Å². The first-order chi connectivity index (χ1) is 17.7. The molecule has 37 heavy (non-hydrogen) atoms. The number of fused-ring (bicyclic) bond motifs is 3. The Morgan fingerprint density at radius 2 is 1.05 bits per heavy atom. The standard InChI is InChI=1S/C34H31N3/c1-33(2,3)31-27-25(21-26(35-31)22-15-9-6-10-16-22)34(4,5)32-30(27)36-28(23-17-11-7-12-18-23)29(37-32)24-19-13-8-14-20-24/h6-21H,1-5H3. The van der Waals surface area contributed by atoms with Gasteiger partial charge in [-0.1, -0.05) is 126 Å². The molecule has 0 radical (unpaired) electrons. The summed E-state index contributed by atoms with van der Waals surface area (Å²) in [5.74, 6) is 0. The Balaban J connectivity index is 1.69. The molecule has 0 atom stereocenters. The fourth-order valence-electron chi connectivity index (χ4n) is 5.34. The normalized spacial score (nSPS) is 13.8. The molecule has 0 saturated heterocycles. The highest BCUT2D eigenvalue weighted by atomic mass is 14.9. The second kappa shape index (κ2) is 8.48. The lowest BCUT2D eigenvalue weighted by Gasteiger charge is -2.25. The number of hydrogen-bond acceptors (Lipinski definition) is 3. The maximum Gasteiger partial charge on any atom is 0.0973 e. The minimum absolute atomic E-state index is 0.167. The van der Waals surface area contributed by atoms with Crippen molar-refractivity contribution >= 4 is 0 Å². The van der Waals surface area contributed by atoms with Crippen LogP contribution < -0.4 is 0 Å². The van der Waals surface area contributed by atoms with Gasteiger partial charge < -0.3 is 0 Å². The summed E-state index contributed by atoms with van der Waals surface area (Å²) in [5.41, 5.74) is 11.0. The van der Waals surface area contributed by atoms with Gasteiger partial charge in [0.2, 0.25) is 0 Å². The van der Waals surface area contributed by atoms with Crippen LogP contribution >= 0.6 is 0 Å². The zero-order valence-corrected chi connectivity index (χ0v) is 22.1. The molecule has 6 rings (SSSR count). The van der Waals surface area contributed by atoms with E-state index in [-0.39, 0.29) is 10.8 Å². The van der Waals surface area contributed by atoms with Crippen LogP contribution in [0.25, 0.3) is 45.0 Å². The summed E-state index contributed by atoms with van der Waals surface area (Å²) in [6, 6.07) is 33.5. The molecule has 0 aliphatic heterocycles. The van der Waals surface area contributed by atoms with Gasteiger partial charge in [0.25, 0.3) is 0 Å². The van der Waals surface area contributed by atoms with Crippen molar-refractivity contribution in [3.63, 3.8) is 0 Å². The van der Waals surface area contributed by atoms with E-state index in [9.17, 15) is 0 Å². The lowest BCUT2D eigenvalue weighted by Crippen LogP contribution is -2.20. The van der Waals surface area contributed by atoms with Crippen LogP contribution in [0, 0.1) is 0 Å². The smallest absolute Gasteiger partial charge is 0.0973 e. The molecule has 5 aromatic rings. The Bertz CT molecular complexity index is 1600. The molecule has 1 aliphatic rings. The van der Waals surface area contributed by atoms with Crippen molar-refractivity contribution in [2.24, 2.45) is 0 Å². The second-order valence-corrected chi connectivity index (χ2v) is 11.4. The summed E-state index contributed by atoms with van der Waals surface area (Å²) in [6.07, 6.45) is 0. The molecule has 0 amide bonds. The highest BCUT2D eigenvalue weighted by Crippen LogP contribution is 2.52. The fourth-order valence-corrected chi connectivity index (χ4v) is 5.34. The Hall–Kier alpha value is -4.11. The predicted octanol–water partition coefficient (Wildman–Crippen LogP) is 8.48. The van der Waals surface area contributed by atoms with Crippen LogP contribution in [0.15, 0.2) is 97.1 Å². The van der Waals surface area contributed by atoms with Crippen LogP contribution in [0.4, 0.5) is 0 Å². The van der Waals surface area contributed by atoms with Crippen molar-refractivity contribution in [3.05, 3.63) is 114 Å². The van der Waals surface area contributed by atoms with Gasteiger partial charge in [0.05, 0.1) is 34.2 Å². The van der Waals surface area contributed by atoms with Crippen LogP contribution in [-0.4, -0.2) is 15.0 Å². The summed E-state index contributed by atoms with van der Waals surface area (Å²) >= 11 is 0. The largest absolute Gasteiger partial charge is 0.252 e. The van der Waals surface area contributed by atoms with Crippen molar-refractivity contribution in [2.75, 3.05) is 0 Å². The molecule has 0 fully saturated rings. The number of aromatic nitrogens is 3. The fraction of sp³-hybridized carbons (Fsp3) is 0.206. The van der Waals surface area contributed by atoms with E-state index in [1.807, 2.05) is 18.2 Å². The summed E-state index contributed by atoms with van der Waals surface area (Å²) in [7, 11) is 0. The van der Waals surface area contributed by atoms with E-state index in [4.69, 9.17) is 15.0 Å². The van der Waals surface area contributed by atoms with Gasteiger partial charge >= 0.3 is 0 Å². The van der Waals surface area contributed by atoms with E-state index in [0.29, 0.717) is 0 Å². The maximum absolute atomic E-state index is 5.41. The van der Waals surface area contributed by atoms with Crippen LogP contribution in [0.3, 0.4) is 0 Å². The minimum atomic E-state index is -0.317. The molecule has 3 aromatic carbocycles. The van der Waals surface area contributed by atoms with Gasteiger partial charge in [0.1, 0.15) is 0 Å². The van der Waals surface area contributed by atoms with Gasteiger partial charge in [0.15, 0.2) is 0 Å². The van der Waals surface area contributed by atoms with Crippen LogP contribution in [0.1, 0.15) is 51.6 Å². The molecule has 0 spiro atoms. The first-order valence-electron chi connectivity index (χ1n) is 12.9. The van der Waals surface area contributed by atoms with E-state index < -0.39 is 0 Å². The molecule has 3 heteroatoms. The summed E-state index contributed by atoms with van der Waals surface area (Å²) < 4.78 is 0. The molecular weight excluding hydrogens is 450 g/mol. The van der Waals surface area contributed by atoms with E-state index >= 15 is 0 Å². The average molecular weight is 482 g/mol. The zero-order valence-electron chi connectivity index (χ0n) is 22.1. The van der Waals surface area contributed by atoms with Crippen molar-refractivity contribution in [1.29, 1.82) is 0 Å². The topological polar surface area (TPSA) is 38.7 Å². The summed E-state index contributed by atoms with van der Waals surface area (Å²) in [4.78, 5) is 16.1. The summed E-state index contributed by atoms with van der Waals surface area (Å²) in [6.45, 7) is 11.2. The predicted molar refractivity (Wildman–Crippen MR) is 152 cm³/mol. The van der Waals surface area contributed by atoms with Gasteiger partial charge in [-0.15, -0.1) is 0 Å². The van der Waals surface area contributed by atoms with Crippen molar-refractivity contribution in [3.8, 4) is 45.0 Å². The lowest BCUT2D eigenvalue weighted by atomic mass is 9.81. The summed E-state index contributed by atoms with van der Waals surface area (Å²) in [5, 5.41) is 0. The number of nitrogens with zero attached hydrogens (tertiary/aromatic N) is 3. The molecule has 2 aromatic heterocycles. The third-order valence-electron chi connectivity index (χ3n) is 7.29. The van der Waals surface area contributed by atoms with E-state index in [2.05, 4.69) is 113 Å². The SMILES string of the molecule is CC(C)(C)c1nc(-c2ccccc2)cc2c1-c1nc(-c3ccccc3)c(-c3ccccc3)nc1C2(C)C. The Kier molecular flexibility index (Phi) is 5.34. The molecular formula is C34H31N3. The Morgan fingerprint density at radius 3 is 1.57 bits per heavy atom. The number of pyridine rings is 1. The number of rotatable bonds is 3. The Morgan fingerprint density at radius 1 is 0.568 bits per heavy atom. The molecule has 0 N–H and O–H groups in total. The van der Waals surface area contributed by atoms with E-state index in [1.54, 1.807) is 0 Å². The van der Waals surface area contributed by atoms with Crippen LogP contribution in [0.2, 0.25) is 0 Å². The number of benzene rings is 3. The monoisotopic (exact) mass is 481 g/mol. The maximum atomic E-state index is 5.41. The van der Waals surface area contributed by atoms with Crippen molar-refractivity contribution in [2.45, 2.75) is 45.4 Å². The first kappa shape index (κ1) is 23.3. The average Bonchev–Trinajstić information content (AvgIpc) is 3.14. The zero-order chi connectivity index (χ0) is 25.8. The molecule has 182 valence electrons. The molecule has 0 saturated carbocycles. The van der Waals surface area contributed by atoms with Gasteiger partial charge in [-0.25, -0.2) is 9.97 Å². The van der Waals surface area contributed by atoms with Crippen molar-refractivity contribution in [1.82, 2.24) is 15.0 Å². The second-order valence-electron chi connectivity index (χ2n) is 11.4. The lowest BCUT2D eigenvalue weighted by molar-refractivity contribution is 0.568. The highest BCUT2D eigenvalue weighted by molar-refractivity contribution is 5.86. The highest BCUT2D eigenvalue weighted by Gasteiger charge is 2.43. The van der Waals surface area contributed by atoms with E-state index in [1.165, 1.54) is 5.56 Å². The minimum Gasteiger partial charge on any atom is -0.252 e. The number of hydrogen-bond donors (Lipinski definition) is 0. The Labute approximate surface area is 219 Å². The third kappa shape index (κ3) is 3.86. The van der Waals surface area contributed by atoms with Gasteiger partial charge in [-0.3, -0.25) is 4.98 Å². The van der Waals surface area contributed by atoms with Crippen molar-refractivity contribution < 1.29 is 0 Å². The molecule has 3 nitrogen and oxygen atoms in total. The molecule has 2 heterocycles. The van der Waals surface area contributed by atoms with Crippen LogP contribution in [0.5, 0.6) is 0 Å². The third-order valence-corrected chi connectivity index (χ3v) is 7.29. The molecule has 0 bridgehead atoms. The quantitative estimate of drug-likeness (QED) is 0.259.